The molecule has 1 aromatic rings. The van der Waals surface area contributed by atoms with Crippen molar-refractivity contribution in [1.82, 2.24) is 10.3 Å². The van der Waals surface area contributed by atoms with Crippen LogP contribution in [0.25, 0.3) is 0 Å². The molecule has 1 atom stereocenters. The number of thiazole rings is 1. The van der Waals surface area contributed by atoms with Gasteiger partial charge in [-0.3, -0.25) is 4.79 Å². The first-order valence-corrected chi connectivity index (χ1v) is 8.09. The molecule has 1 unspecified atom stereocenters. The number of carbonyl (C=O) groups excluding carboxylic acids is 1. The molecule has 0 aromatic carbocycles. The molecule has 0 spiro atoms. The third-order valence-corrected chi connectivity index (χ3v) is 5.42. The fourth-order valence-electron chi connectivity index (χ4n) is 2.76. The molecule has 1 aromatic heterocycles. The van der Waals surface area contributed by atoms with Crippen LogP contribution in [-0.2, 0) is 11.2 Å². The molecule has 2 N–H and O–H groups in total. The van der Waals surface area contributed by atoms with Gasteiger partial charge >= 0.3 is 0 Å². The average molecular weight is 298 g/mol. The summed E-state index contributed by atoms with van der Waals surface area (Å²) in [6.07, 6.45) is 5.23. The Balaban J connectivity index is 1.97. The predicted molar refractivity (Wildman–Crippen MR) is 82.1 cm³/mol. The first-order chi connectivity index (χ1) is 8.88. The van der Waals surface area contributed by atoms with E-state index in [1.807, 2.05) is 6.92 Å². The number of hydrogen-bond donors (Lipinski definition) is 2. The minimum absolute atomic E-state index is 0.119. The van der Waals surface area contributed by atoms with E-state index < -0.39 is 0 Å². The second-order valence-corrected chi connectivity index (χ2v) is 7.87. The van der Waals surface area contributed by atoms with Crippen molar-refractivity contribution in [2.75, 3.05) is 0 Å². The van der Waals surface area contributed by atoms with E-state index in [4.69, 9.17) is 12.2 Å². The molecule has 106 valence electrons. The third kappa shape index (κ3) is 3.66. The number of aryl methyl sites for hydroxylation is 1. The van der Waals surface area contributed by atoms with Crippen molar-refractivity contribution in [1.29, 1.82) is 0 Å². The monoisotopic (exact) mass is 298 g/mol. The average Bonchev–Trinajstić information content (AvgIpc) is 2.60. The van der Waals surface area contributed by atoms with Gasteiger partial charge in [0.05, 0.1) is 6.42 Å². The van der Waals surface area contributed by atoms with Crippen molar-refractivity contribution in [3.05, 3.63) is 14.5 Å². The molecular weight excluding hydrogens is 276 g/mol. The standard InChI is InChI=1S/C14H22N2OS2/c1-9-10(19-13(18)15-9)8-12(17)16-11-6-4-5-7-14(11,2)3/h11H,4-8H2,1-3H3,(H,15,18)(H,16,17). The molecule has 1 fully saturated rings. The van der Waals surface area contributed by atoms with E-state index in [9.17, 15) is 4.79 Å². The second kappa shape index (κ2) is 5.75. The van der Waals surface area contributed by atoms with Gasteiger partial charge in [0.15, 0.2) is 3.95 Å². The van der Waals surface area contributed by atoms with Crippen LogP contribution in [0, 0.1) is 16.3 Å². The molecule has 3 nitrogen and oxygen atoms in total. The van der Waals surface area contributed by atoms with E-state index in [0.717, 1.165) is 20.9 Å². The number of hydrogen-bond acceptors (Lipinski definition) is 3. The Morgan fingerprint density at radius 3 is 2.84 bits per heavy atom. The summed E-state index contributed by atoms with van der Waals surface area (Å²) in [5.41, 5.74) is 1.24. The fraction of sp³-hybridized carbons (Fsp3) is 0.714. The number of nitrogens with one attached hydrogen (secondary N) is 2. The Bertz CT molecular complexity index is 516. The Hall–Kier alpha value is -0.680. The minimum atomic E-state index is 0.119. The third-order valence-electron chi connectivity index (χ3n) is 4.09. The summed E-state index contributed by atoms with van der Waals surface area (Å²) in [6, 6.07) is 0.306. The first kappa shape index (κ1) is 14.7. The van der Waals surface area contributed by atoms with Crippen LogP contribution in [0.4, 0.5) is 0 Å². The van der Waals surface area contributed by atoms with Crippen molar-refractivity contribution >= 4 is 29.5 Å². The quantitative estimate of drug-likeness (QED) is 0.835. The Kier molecular flexibility index (Phi) is 4.46. The lowest BCUT2D eigenvalue weighted by Gasteiger charge is -2.39. The van der Waals surface area contributed by atoms with E-state index in [2.05, 4.69) is 24.1 Å². The van der Waals surface area contributed by atoms with E-state index in [0.29, 0.717) is 12.5 Å². The van der Waals surface area contributed by atoms with Crippen LogP contribution >= 0.6 is 23.6 Å². The summed E-state index contributed by atoms with van der Waals surface area (Å²) >= 11 is 6.61. The predicted octanol–water partition coefficient (Wildman–Crippen LogP) is 3.74. The molecule has 0 saturated heterocycles. The van der Waals surface area contributed by atoms with Gasteiger partial charge in [-0.1, -0.05) is 26.7 Å². The maximum Gasteiger partial charge on any atom is 0.225 e. The SMILES string of the molecule is Cc1[nH]c(=S)sc1CC(=O)NC1CCCCC1(C)C. The number of carbonyl (C=O) groups is 1. The summed E-state index contributed by atoms with van der Waals surface area (Å²) in [4.78, 5) is 16.3. The van der Waals surface area contributed by atoms with Crippen LogP contribution in [-0.4, -0.2) is 16.9 Å². The van der Waals surface area contributed by atoms with Crippen LogP contribution in [0.5, 0.6) is 0 Å². The number of aromatic nitrogens is 1. The molecular formula is C14H22N2OS2. The molecule has 1 saturated carbocycles. The number of aromatic amines is 1. The molecule has 1 aliphatic rings. The van der Waals surface area contributed by atoms with Gasteiger partial charge in [-0.2, -0.15) is 0 Å². The normalized spacial score (nSPS) is 22.2. The van der Waals surface area contributed by atoms with Gasteiger partial charge in [-0.15, -0.1) is 11.3 Å². The van der Waals surface area contributed by atoms with Crippen molar-refractivity contribution in [3.63, 3.8) is 0 Å². The Morgan fingerprint density at radius 2 is 2.26 bits per heavy atom. The molecule has 5 heteroatoms. The zero-order valence-corrected chi connectivity index (χ0v) is 13.5. The lowest BCUT2D eigenvalue weighted by atomic mass is 9.73. The van der Waals surface area contributed by atoms with E-state index in [1.165, 1.54) is 30.6 Å². The Labute approximate surface area is 123 Å². The maximum absolute atomic E-state index is 12.2. The van der Waals surface area contributed by atoms with Gasteiger partial charge < -0.3 is 10.3 Å². The molecule has 2 rings (SSSR count). The number of rotatable bonds is 3. The molecule has 1 heterocycles. The molecule has 0 radical (unpaired) electrons. The lowest BCUT2D eigenvalue weighted by molar-refractivity contribution is -0.122. The summed E-state index contributed by atoms with van der Waals surface area (Å²) in [7, 11) is 0. The van der Waals surface area contributed by atoms with Crippen LogP contribution < -0.4 is 5.32 Å². The summed E-state index contributed by atoms with van der Waals surface area (Å²) in [5.74, 6) is 0.119. The molecule has 0 aliphatic heterocycles. The van der Waals surface area contributed by atoms with Crippen molar-refractivity contribution in [2.24, 2.45) is 5.41 Å². The van der Waals surface area contributed by atoms with Gasteiger partial charge in [0.2, 0.25) is 5.91 Å². The molecule has 0 bridgehead atoms. The zero-order chi connectivity index (χ0) is 14.0. The lowest BCUT2D eigenvalue weighted by Crippen LogP contribution is -2.47. The van der Waals surface area contributed by atoms with E-state index in [-0.39, 0.29) is 11.3 Å². The van der Waals surface area contributed by atoms with Crippen LogP contribution in [0.1, 0.15) is 50.1 Å². The second-order valence-electron chi connectivity index (χ2n) is 6.09. The Morgan fingerprint density at radius 1 is 1.53 bits per heavy atom. The minimum Gasteiger partial charge on any atom is -0.353 e. The van der Waals surface area contributed by atoms with E-state index >= 15 is 0 Å². The van der Waals surface area contributed by atoms with Crippen molar-refractivity contribution in [3.8, 4) is 0 Å². The van der Waals surface area contributed by atoms with Gasteiger partial charge in [-0.25, -0.2) is 0 Å². The highest BCUT2D eigenvalue weighted by atomic mass is 32.1. The summed E-state index contributed by atoms with van der Waals surface area (Å²) < 4.78 is 0.748. The van der Waals surface area contributed by atoms with Gasteiger partial charge in [-0.05, 0) is 37.4 Å². The van der Waals surface area contributed by atoms with Crippen molar-refractivity contribution in [2.45, 2.75) is 58.9 Å². The number of amides is 1. The number of H-pyrrole nitrogens is 1. The highest BCUT2D eigenvalue weighted by Crippen LogP contribution is 2.35. The van der Waals surface area contributed by atoms with Crippen molar-refractivity contribution < 1.29 is 4.79 Å². The zero-order valence-electron chi connectivity index (χ0n) is 11.8. The summed E-state index contributed by atoms with van der Waals surface area (Å²) in [5, 5.41) is 3.21. The van der Waals surface area contributed by atoms with E-state index in [1.54, 1.807) is 0 Å². The van der Waals surface area contributed by atoms with Crippen LogP contribution in [0.3, 0.4) is 0 Å². The highest BCUT2D eigenvalue weighted by Gasteiger charge is 2.33. The largest absolute Gasteiger partial charge is 0.353 e. The highest BCUT2D eigenvalue weighted by molar-refractivity contribution is 7.73. The molecule has 1 amide bonds. The topological polar surface area (TPSA) is 44.9 Å². The van der Waals surface area contributed by atoms with Gasteiger partial charge in [0, 0.05) is 16.6 Å². The van der Waals surface area contributed by atoms with Crippen LogP contribution in [0.2, 0.25) is 0 Å². The molecule has 19 heavy (non-hydrogen) atoms. The van der Waals surface area contributed by atoms with Gasteiger partial charge in [0.1, 0.15) is 0 Å². The summed E-state index contributed by atoms with van der Waals surface area (Å²) in [6.45, 7) is 6.48. The van der Waals surface area contributed by atoms with Gasteiger partial charge in [0.25, 0.3) is 0 Å². The smallest absolute Gasteiger partial charge is 0.225 e. The van der Waals surface area contributed by atoms with Crippen LogP contribution in [0.15, 0.2) is 0 Å². The fourth-order valence-corrected chi connectivity index (χ4v) is 4.05. The molecule has 1 aliphatic carbocycles. The first-order valence-electron chi connectivity index (χ1n) is 6.86. The maximum atomic E-state index is 12.2.